The van der Waals surface area contributed by atoms with E-state index in [0.717, 1.165) is 27.9 Å². The number of hydrogen-bond donors (Lipinski definition) is 2. The number of rotatable bonds is 6. The predicted octanol–water partition coefficient (Wildman–Crippen LogP) is 2.58. The zero-order chi connectivity index (χ0) is 21.9. The van der Waals surface area contributed by atoms with Gasteiger partial charge in [-0.25, -0.2) is 9.99 Å². The van der Waals surface area contributed by atoms with Crippen LogP contribution in [0.4, 0.5) is 0 Å². The van der Waals surface area contributed by atoms with Crippen LogP contribution in [-0.4, -0.2) is 50.2 Å². The molecule has 32 heavy (non-hydrogen) atoms. The Kier molecular flexibility index (Phi) is 5.25. The molecule has 0 unspecified atom stereocenters. The van der Waals surface area contributed by atoms with Gasteiger partial charge >= 0.3 is 0 Å². The number of amides is 2. The molecule has 5 rings (SSSR count). The summed E-state index contributed by atoms with van der Waals surface area (Å²) < 4.78 is 1.97. The molecule has 8 nitrogen and oxygen atoms in total. The molecule has 8 heteroatoms. The number of fused-ring (bicyclic) bond motifs is 3. The van der Waals surface area contributed by atoms with Crippen LogP contribution in [0.3, 0.4) is 0 Å². The maximum Gasteiger partial charge on any atom is 0.291 e. The van der Waals surface area contributed by atoms with Gasteiger partial charge in [-0.2, -0.15) is 5.10 Å². The van der Waals surface area contributed by atoms with Crippen LogP contribution in [-0.2, 0) is 17.8 Å². The Labute approximate surface area is 184 Å². The average molecular weight is 426 g/mol. The van der Waals surface area contributed by atoms with Crippen molar-refractivity contribution in [2.24, 2.45) is 5.10 Å². The van der Waals surface area contributed by atoms with Crippen LogP contribution in [0.25, 0.3) is 10.9 Å². The summed E-state index contributed by atoms with van der Waals surface area (Å²) in [7, 11) is 0. The van der Waals surface area contributed by atoms with E-state index in [0.29, 0.717) is 25.2 Å². The molecule has 2 amide bonds. The highest BCUT2D eigenvalue weighted by molar-refractivity contribution is 6.07. The summed E-state index contributed by atoms with van der Waals surface area (Å²) in [6.07, 6.45) is 3.96. The number of benzene rings is 2. The van der Waals surface area contributed by atoms with Gasteiger partial charge in [-0.15, -0.1) is 0 Å². The highest BCUT2D eigenvalue weighted by Crippen LogP contribution is 2.24. The standard InChI is InChI=1S/C24H22N6O2/c31-23(26-11-10-19-13-25-16-27-19)15-30-24(32)22-12-18-8-4-5-9-21(18)29(22)14-20(28-30)17-6-2-1-3-7-17/h1-9,12-13,16H,10-11,14-15H2,(H,25,27)(H,26,31). The Balaban J connectivity index is 1.43. The number of para-hydroxylation sites is 1. The van der Waals surface area contributed by atoms with Gasteiger partial charge in [0.05, 0.1) is 18.6 Å². The molecule has 2 aromatic heterocycles. The van der Waals surface area contributed by atoms with Crippen molar-refractivity contribution >= 4 is 28.4 Å². The van der Waals surface area contributed by atoms with Crippen LogP contribution < -0.4 is 5.32 Å². The van der Waals surface area contributed by atoms with Crippen LogP contribution in [0, 0.1) is 0 Å². The molecule has 0 fully saturated rings. The molecule has 0 radical (unpaired) electrons. The van der Waals surface area contributed by atoms with Gasteiger partial charge in [-0.1, -0.05) is 48.5 Å². The summed E-state index contributed by atoms with van der Waals surface area (Å²) in [5.74, 6) is -0.561. The van der Waals surface area contributed by atoms with Crippen LogP contribution in [0.15, 0.2) is 78.3 Å². The van der Waals surface area contributed by atoms with Crippen molar-refractivity contribution in [3.8, 4) is 0 Å². The SMILES string of the molecule is O=C(CN1N=C(c2ccccc2)Cn2c(cc3ccccc32)C1=O)NCCc1cnc[nH]1. The fourth-order valence-electron chi connectivity index (χ4n) is 3.90. The Bertz CT molecular complexity index is 1290. The normalized spacial score (nSPS) is 13.6. The number of nitrogens with zero attached hydrogens (tertiary/aromatic N) is 4. The summed E-state index contributed by atoms with van der Waals surface area (Å²) in [6.45, 7) is 0.731. The van der Waals surface area contributed by atoms with Gasteiger partial charge in [0, 0.05) is 35.8 Å². The Morgan fingerprint density at radius 3 is 2.72 bits per heavy atom. The second-order valence-corrected chi connectivity index (χ2v) is 7.63. The minimum atomic E-state index is -0.296. The zero-order valence-corrected chi connectivity index (χ0v) is 17.4. The van der Waals surface area contributed by atoms with Crippen LogP contribution >= 0.6 is 0 Å². The van der Waals surface area contributed by atoms with Crippen LogP contribution in [0.1, 0.15) is 21.7 Å². The molecule has 160 valence electrons. The molecule has 1 aliphatic heterocycles. The van der Waals surface area contributed by atoms with Crippen LogP contribution in [0.5, 0.6) is 0 Å². The van der Waals surface area contributed by atoms with Crippen molar-refractivity contribution in [2.75, 3.05) is 13.1 Å². The summed E-state index contributed by atoms with van der Waals surface area (Å²) in [4.78, 5) is 33.0. The second kappa shape index (κ2) is 8.50. The van der Waals surface area contributed by atoms with Gasteiger partial charge in [-0.05, 0) is 17.7 Å². The Hall–Kier alpha value is -4.20. The van der Waals surface area contributed by atoms with Crippen molar-refractivity contribution < 1.29 is 9.59 Å². The lowest BCUT2D eigenvalue weighted by Gasteiger charge is -2.16. The summed E-state index contributed by atoms with van der Waals surface area (Å²) in [5, 5.41) is 9.73. The van der Waals surface area contributed by atoms with E-state index in [9.17, 15) is 9.59 Å². The monoisotopic (exact) mass is 426 g/mol. The molecule has 0 spiro atoms. The highest BCUT2D eigenvalue weighted by Gasteiger charge is 2.27. The lowest BCUT2D eigenvalue weighted by molar-refractivity contribution is -0.121. The lowest BCUT2D eigenvalue weighted by Crippen LogP contribution is -2.38. The van der Waals surface area contributed by atoms with E-state index in [1.165, 1.54) is 5.01 Å². The van der Waals surface area contributed by atoms with Crippen molar-refractivity contribution in [3.05, 3.63) is 90.1 Å². The third kappa shape index (κ3) is 3.90. The van der Waals surface area contributed by atoms with Crippen molar-refractivity contribution in [3.63, 3.8) is 0 Å². The third-order valence-electron chi connectivity index (χ3n) is 5.49. The van der Waals surface area contributed by atoms with Crippen molar-refractivity contribution in [1.82, 2.24) is 24.9 Å². The molecule has 1 aliphatic rings. The van der Waals surface area contributed by atoms with E-state index in [2.05, 4.69) is 20.4 Å². The molecule has 4 aromatic rings. The highest BCUT2D eigenvalue weighted by atomic mass is 16.2. The molecular formula is C24H22N6O2. The second-order valence-electron chi connectivity index (χ2n) is 7.63. The zero-order valence-electron chi connectivity index (χ0n) is 17.4. The van der Waals surface area contributed by atoms with Crippen molar-refractivity contribution in [1.29, 1.82) is 0 Å². The van der Waals surface area contributed by atoms with E-state index in [4.69, 9.17) is 0 Å². The molecule has 0 atom stereocenters. The van der Waals surface area contributed by atoms with Gasteiger partial charge in [0.15, 0.2) is 0 Å². The number of aromatic amines is 1. The number of imidazole rings is 1. The minimum absolute atomic E-state index is 0.153. The maximum absolute atomic E-state index is 13.4. The van der Waals surface area contributed by atoms with E-state index in [1.807, 2.05) is 65.2 Å². The fraction of sp³-hybridized carbons (Fsp3) is 0.167. The molecule has 0 bridgehead atoms. The number of aromatic nitrogens is 3. The first-order valence-electron chi connectivity index (χ1n) is 10.5. The molecule has 0 saturated heterocycles. The van der Waals surface area contributed by atoms with Crippen LogP contribution in [0.2, 0.25) is 0 Å². The number of carbonyl (C=O) groups excluding carboxylic acids is 2. The summed E-state index contributed by atoms with van der Waals surface area (Å²) in [5.41, 5.74) is 4.06. The first-order valence-corrected chi connectivity index (χ1v) is 10.5. The number of hydrazone groups is 1. The molecule has 2 N–H and O–H groups in total. The largest absolute Gasteiger partial charge is 0.354 e. The lowest BCUT2D eigenvalue weighted by atomic mass is 10.1. The molecule has 3 heterocycles. The van der Waals surface area contributed by atoms with E-state index in [-0.39, 0.29) is 18.4 Å². The Morgan fingerprint density at radius 1 is 1.09 bits per heavy atom. The molecular weight excluding hydrogens is 404 g/mol. The molecule has 2 aromatic carbocycles. The average Bonchev–Trinajstić information content (AvgIpc) is 3.43. The topological polar surface area (TPSA) is 95.4 Å². The minimum Gasteiger partial charge on any atom is -0.354 e. The third-order valence-corrected chi connectivity index (χ3v) is 5.49. The summed E-state index contributed by atoms with van der Waals surface area (Å²) in [6, 6.07) is 19.5. The van der Waals surface area contributed by atoms with Gasteiger partial charge in [0.25, 0.3) is 5.91 Å². The maximum atomic E-state index is 13.4. The quantitative estimate of drug-likeness (QED) is 0.496. The smallest absolute Gasteiger partial charge is 0.291 e. The number of nitrogens with one attached hydrogen (secondary N) is 2. The van der Waals surface area contributed by atoms with E-state index >= 15 is 0 Å². The first kappa shape index (κ1) is 19.7. The number of hydrogen-bond acceptors (Lipinski definition) is 4. The number of carbonyl (C=O) groups is 2. The van der Waals surface area contributed by atoms with Crippen molar-refractivity contribution in [2.45, 2.75) is 13.0 Å². The van der Waals surface area contributed by atoms with E-state index in [1.54, 1.807) is 12.5 Å². The molecule has 0 aliphatic carbocycles. The molecule has 0 saturated carbocycles. The Morgan fingerprint density at radius 2 is 1.91 bits per heavy atom. The van der Waals surface area contributed by atoms with E-state index < -0.39 is 0 Å². The number of H-pyrrole nitrogens is 1. The fourth-order valence-corrected chi connectivity index (χ4v) is 3.90. The van der Waals surface area contributed by atoms with Gasteiger partial charge in [-0.3, -0.25) is 9.59 Å². The van der Waals surface area contributed by atoms with Gasteiger partial charge in [0.2, 0.25) is 5.91 Å². The predicted molar refractivity (Wildman–Crippen MR) is 121 cm³/mol. The first-order chi connectivity index (χ1) is 15.7. The van der Waals surface area contributed by atoms with Gasteiger partial charge in [0.1, 0.15) is 12.2 Å². The summed E-state index contributed by atoms with van der Waals surface area (Å²) >= 11 is 0. The van der Waals surface area contributed by atoms with Gasteiger partial charge < -0.3 is 14.9 Å².